The van der Waals surface area contributed by atoms with Crippen LogP contribution in [0.3, 0.4) is 0 Å². The van der Waals surface area contributed by atoms with Gasteiger partial charge in [-0.1, -0.05) is 76.6 Å². The van der Waals surface area contributed by atoms with E-state index in [2.05, 4.69) is 105 Å². The lowest BCUT2D eigenvalue weighted by molar-refractivity contribution is 1.10. The Labute approximate surface area is 159 Å². The van der Waals surface area contributed by atoms with Crippen LogP contribution >= 0.6 is 15.9 Å². The minimum atomic E-state index is 0.954. The molecule has 5 aromatic rings. The third-order valence-electron chi connectivity index (χ3n) is 4.67. The number of imidazole rings is 1. The van der Waals surface area contributed by atoms with Crippen LogP contribution in [0.5, 0.6) is 0 Å². The first-order valence-electron chi connectivity index (χ1n) is 8.53. The second-order valence-corrected chi connectivity index (χ2v) is 7.18. The van der Waals surface area contributed by atoms with Crippen LogP contribution in [0.1, 0.15) is 0 Å². The Balaban J connectivity index is 1.90. The fraction of sp³-hybridized carbons (Fsp3) is 0. The van der Waals surface area contributed by atoms with Gasteiger partial charge in [-0.05, 0) is 35.7 Å². The summed E-state index contributed by atoms with van der Waals surface area (Å²) in [7, 11) is 0. The smallest absolute Gasteiger partial charge is 0.145 e. The van der Waals surface area contributed by atoms with Gasteiger partial charge in [-0.3, -0.25) is 4.57 Å². The van der Waals surface area contributed by atoms with Crippen LogP contribution in [-0.2, 0) is 0 Å². The molecule has 0 saturated heterocycles. The molecule has 0 atom stereocenters. The number of fused-ring (bicyclic) bond motifs is 3. The molecular formula is C23H15BrN2. The maximum atomic E-state index is 5.06. The molecule has 0 amide bonds. The Hall–Kier alpha value is -2.91. The topological polar surface area (TPSA) is 17.8 Å². The van der Waals surface area contributed by atoms with Gasteiger partial charge in [0.25, 0.3) is 0 Å². The zero-order valence-corrected chi connectivity index (χ0v) is 15.5. The van der Waals surface area contributed by atoms with E-state index in [-0.39, 0.29) is 0 Å². The van der Waals surface area contributed by atoms with Crippen LogP contribution < -0.4 is 0 Å². The van der Waals surface area contributed by atoms with Gasteiger partial charge in [0.05, 0.1) is 11.0 Å². The fourth-order valence-electron chi connectivity index (χ4n) is 3.44. The molecule has 2 nitrogen and oxygen atoms in total. The number of para-hydroxylation sites is 1. The van der Waals surface area contributed by atoms with Crippen LogP contribution in [0.15, 0.2) is 95.5 Å². The van der Waals surface area contributed by atoms with Gasteiger partial charge in [-0.25, -0.2) is 4.98 Å². The average Bonchev–Trinajstić information content (AvgIpc) is 3.09. The largest absolute Gasteiger partial charge is 0.292 e. The van der Waals surface area contributed by atoms with Gasteiger partial charge in [-0.2, -0.15) is 0 Å². The van der Waals surface area contributed by atoms with Crippen LogP contribution in [0.2, 0.25) is 0 Å². The van der Waals surface area contributed by atoms with E-state index >= 15 is 0 Å². The van der Waals surface area contributed by atoms with Crippen molar-refractivity contribution in [3.8, 4) is 17.1 Å². The van der Waals surface area contributed by atoms with Crippen molar-refractivity contribution in [1.82, 2.24) is 9.55 Å². The van der Waals surface area contributed by atoms with Gasteiger partial charge in [-0.15, -0.1) is 0 Å². The number of aromatic nitrogens is 2. The van der Waals surface area contributed by atoms with Crippen molar-refractivity contribution in [3.63, 3.8) is 0 Å². The molecule has 124 valence electrons. The van der Waals surface area contributed by atoms with Crippen LogP contribution in [0, 0.1) is 0 Å². The van der Waals surface area contributed by atoms with Crippen molar-refractivity contribution in [3.05, 3.63) is 95.5 Å². The van der Waals surface area contributed by atoms with E-state index in [4.69, 9.17) is 4.98 Å². The molecule has 0 N–H and O–H groups in total. The van der Waals surface area contributed by atoms with E-state index in [0.29, 0.717) is 0 Å². The normalized spacial score (nSPS) is 11.3. The number of halogens is 1. The summed E-state index contributed by atoms with van der Waals surface area (Å²) in [6.07, 6.45) is 0. The molecule has 0 aliphatic rings. The summed E-state index contributed by atoms with van der Waals surface area (Å²) in [6, 6.07) is 31.5. The van der Waals surface area contributed by atoms with Crippen LogP contribution in [0.25, 0.3) is 38.9 Å². The maximum absolute atomic E-state index is 5.06. The number of hydrogen-bond donors (Lipinski definition) is 0. The number of nitrogens with zero attached hydrogens (tertiary/aromatic N) is 2. The monoisotopic (exact) mass is 398 g/mol. The SMILES string of the molecule is Brc1ccc(-c2nc3c4ccccc4ccc3n2-c2ccccc2)cc1. The molecule has 0 aliphatic carbocycles. The minimum Gasteiger partial charge on any atom is -0.292 e. The predicted molar refractivity (Wildman–Crippen MR) is 112 cm³/mol. The van der Waals surface area contributed by atoms with Crippen molar-refractivity contribution in [2.45, 2.75) is 0 Å². The average molecular weight is 399 g/mol. The second kappa shape index (κ2) is 6.11. The van der Waals surface area contributed by atoms with Gasteiger partial charge in [0.15, 0.2) is 0 Å². The molecule has 1 heterocycles. The van der Waals surface area contributed by atoms with Gasteiger partial charge in [0.1, 0.15) is 5.82 Å². The van der Waals surface area contributed by atoms with Crippen molar-refractivity contribution in [1.29, 1.82) is 0 Å². The fourth-order valence-corrected chi connectivity index (χ4v) is 3.71. The highest BCUT2D eigenvalue weighted by atomic mass is 79.9. The summed E-state index contributed by atoms with van der Waals surface area (Å²) < 4.78 is 3.31. The highest BCUT2D eigenvalue weighted by Gasteiger charge is 2.16. The molecule has 0 saturated carbocycles. The molecule has 4 aromatic carbocycles. The predicted octanol–water partition coefficient (Wildman–Crippen LogP) is 6.61. The first kappa shape index (κ1) is 15.4. The summed E-state index contributed by atoms with van der Waals surface area (Å²) in [5.74, 6) is 0.954. The van der Waals surface area contributed by atoms with Crippen LogP contribution in [0.4, 0.5) is 0 Å². The van der Waals surface area contributed by atoms with Gasteiger partial charge >= 0.3 is 0 Å². The van der Waals surface area contributed by atoms with Crippen molar-refractivity contribution in [2.75, 3.05) is 0 Å². The molecule has 0 radical (unpaired) electrons. The Morgan fingerprint density at radius 1 is 0.692 bits per heavy atom. The first-order chi connectivity index (χ1) is 12.8. The van der Waals surface area contributed by atoms with Crippen LogP contribution in [-0.4, -0.2) is 9.55 Å². The molecule has 0 spiro atoms. The molecular weight excluding hydrogens is 384 g/mol. The Morgan fingerprint density at radius 2 is 1.42 bits per heavy atom. The first-order valence-corrected chi connectivity index (χ1v) is 9.32. The summed E-state index contributed by atoms with van der Waals surface area (Å²) in [4.78, 5) is 5.06. The molecule has 5 rings (SSSR count). The third kappa shape index (κ3) is 2.44. The van der Waals surface area contributed by atoms with Crippen molar-refractivity contribution in [2.24, 2.45) is 0 Å². The second-order valence-electron chi connectivity index (χ2n) is 6.27. The standard InChI is InChI=1S/C23H15BrN2/c24-18-13-10-17(11-14-18)23-25-22-20-9-5-4-6-16(20)12-15-21(22)26(23)19-7-2-1-3-8-19/h1-15H. The summed E-state index contributed by atoms with van der Waals surface area (Å²) >= 11 is 3.52. The molecule has 1 aromatic heterocycles. The highest BCUT2D eigenvalue weighted by molar-refractivity contribution is 9.10. The highest BCUT2D eigenvalue weighted by Crippen LogP contribution is 2.33. The van der Waals surface area contributed by atoms with Crippen molar-refractivity contribution >= 4 is 37.7 Å². The Kier molecular flexibility index (Phi) is 3.61. The van der Waals surface area contributed by atoms with E-state index in [1.165, 1.54) is 10.8 Å². The quantitative estimate of drug-likeness (QED) is 0.327. The zero-order valence-electron chi connectivity index (χ0n) is 13.9. The lowest BCUT2D eigenvalue weighted by Gasteiger charge is -2.09. The van der Waals surface area contributed by atoms with Gasteiger partial charge in [0.2, 0.25) is 0 Å². The zero-order chi connectivity index (χ0) is 17.5. The number of benzene rings is 4. The van der Waals surface area contributed by atoms with Crippen molar-refractivity contribution < 1.29 is 0 Å². The summed E-state index contributed by atoms with van der Waals surface area (Å²) in [5.41, 5.74) is 4.36. The molecule has 3 heteroatoms. The molecule has 26 heavy (non-hydrogen) atoms. The molecule has 0 bridgehead atoms. The summed E-state index contributed by atoms with van der Waals surface area (Å²) in [6.45, 7) is 0. The summed E-state index contributed by atoms with van der Waals surface area (Å²) in [5, 5.41) is 2.39. The van der Waals surface area contributed by atoms with E-state index in [9.17, 15) is 0 Å². The molecule has 0 aliphatic heterocycles. The van der Waals surface area contributed by atoms with E-state index in [0.717, 1.165) is 32.6 Å². The Bertz CT molecular complexity index is 1220. The molecule has 0 unspecified atom stereocenters. The number of hydrogen-bond acceptors (Lipinski definition) is 1. The van der Waals surface area contributed by atoms with Gasteiger partial charge in [0, 0.05) is 21.1 Å². The third-order valence-corrected chi connectivity index (χ3v) is 5.20. The maximum Gasteiger partial charge on any atom is 0.145 e. The lowest BCUT2D eigenvalue weighted by atomic mass is 10.1. The van der Waals surface area contributed by atoms with E-state index in [1.807, 2.05) is 6.07 Å². The Morgan fingerprint density at radius 3 is 2.23 bits per heavy atom. The van der Waals surface area contributed by atoms with E-state index in [1.54, 1.807) is 0 Å². The molecule has 0 fully saturated rings. The van der Waals surface area contributed by atoms with E-state index < -0.39 is 0 Å². The van der Waals surface area contributed by atoms with Gasteiger partial charge < -0.3 is 0 Å². The number of rotatable bonds is 2. The lowest BCUT2D eigenvalue weighted by Crippen LogP contribution is -1.97. The minimum absolute atomic E-state index is 0.954.